The van der Waals surface area contributed by atoms with Gasteiger partial charge in [0.2, 0.25) is 0 Å². The summed E-state index contributed by atoms with van der Waals surface area (Å²) in [5.74, 6) is -1.71. The molecule has 1 aliphatic rings. The number of halogens is 2. The third-order valence-corrected chi connectivity index (χ3v) is 3.80. The van der Waals surface area contributed by atoms with Crippen LogP contribution in [-0.2, 0) is 16.0 Å². The Kier molecular flexibility index (Phi) is 4.68. The third kappa shape index (κ3) is 2.56. The molecule has 0 radical (unpaired) electrons. The molecule has 1 aromatic carbocycles. The van der Waals surface area contributed by atoms with Crippen LogP contribution < -0.4 is 9.47 Å². The predicted octanol–water partition coefficient (Wildman–Crippen LogP) is 2.42. The summed E-state index contributed by atoms with van der Waals surface area (Å²) < 4.78 is 42.2. The van der Waals surface area contributed by atoms with Gasteiger partial charge in [0.25, 0.3) is 6.43 Å². The highest BCUT2D eigenvalue weighted by molar-refractivity contribution is 6.16. The monoisotopic (exact) mass is 326 g/mol. The van der Waals surface area contributed by atoms with E-state index in [4.69, 9.17) is 14.2 Å². The van der Waals surface area contributed by atoms with Crippen LogP contribution in [0.25, 0.3) is 0 Å². The van der Waals surface area contributed by atoms with Crippen LogP contribution in [0.4, 0.5) is 8.78 Å². The standard InChI is InChI=1S/C16H16F2O5/c1-4-5-23-15(20)16(14(17)18)8-9-6-11(21-2)12(22-3)7-10(9)13(16)19/h4,6-7,14H,1,5,8H2,2-3H3. The number of benzene rings is 1. The molecule has 0 amide bonds. The number of carbonyl (C=O) groups excluding carboxylic acids is 2. The van der Waals surface area contributed by atoms with E-state index in [9.17, 15) is 18.4 Å². The molecule has 5 nitrogen and oxygen atoms in total. The van der Waals surface area contributed by atoms with Crippen molar-refractivity contribution in [2.45, 2.75) is 12.8 Å². The predicted molar refractivity (Wildman–Crippen MR) is 77.2 cm³/mol. The number of carbonyl (C=O) groups is 2. The molecule has 0 heterocycles. The van der Waals surface area contributed by atoms with Gasteiger partial charge in [-0.15, -0.1) is 0 Å². The zero-order chi connectivity index (χ0) is 17.2. The van der Waals surface area contributed by atoms with Gasteiger partial charge in [0.1, 0.15) is 6.61 Å². The highest BCUT2D eigenvalue weighted by atomic mass is 19.3. The first-order valence-electron chi connectivity index (χ1n) is 6.78. The van der Waals surface area contributed by atoms with Crippen molar-refractivity contribution in [3.05, 3.63) is 35.9 Å². The number of fused-ring (bicyclic) bond motifs is 1. The number of esters is 1. The SMILES string of the molecule is C=CCOC(=O)C1(C(F)F)Cc2cc(OC)c(OC)cc2C1=O. The third-order valence-electron chi connectivity index (χ3n) is 3.80. The van der Waals surface area contributed by atoms with E-state index in [1.54, 1.807) is 0 Å². The van der Waals surface area contributed by atoms with Gasteiger partial charge in [0.05, 0.1) is 14.2 Å². The summed E-state index contributed by atoms with van der Waals surface area (Å²) in [4.78, 5) is 24.7. The minimum atomic E-state index is -3.20. The van der Waals surface area contributed by atoms with Gasteiger partial charge in [0, 0.05) is 12.0 Å². The molecule has 124 valence electrons. The molecule has 23 heavy (non-hydrogen) atoms. The molecule has 0 saturated heterocycles. The van der Waals surface area contributed by atoms with Crippen molar-refractivity contribution < 1.29 is 32.6 Å². The Balaban J connectivity index is 2.51. The van der Waals surface area contributed by atoms with Gasteiger partial charge in [-0.25, -0.2) is 8.78 Å². The average molecular weight is 326 g/mol. The Morgan fingerprint density at radius 1 is 1.35 bits per heavy atom. The second kappa shape index (κ2) is 6.36. The van der Waals surface area contributed by atoms with E-state index in [0.29, 0.717) is 11.3 Å². The lowest BCUT2D eigenvalue weighted by molar-refractivity contribution is -0.159. The van der Waals surface area contributed by atoms with Crippen molar-refractivity contribution in [1.82, 2.24) is 0 Å². The number of Topliss-reactive ketones (excluding diaryl/α,β-unsaturated/α-hetero) is 1. The van der Waals surface area contributed by atoms with Crippen LogP contribution in [0.2, 0.25) is 0 Å². The molecule has 2 rings (SSSR count). The maximum absolute atomic E-state index is 13.6. The lowest BCUT2D eigenvalue weighted by Crippen LogP contribution is -2.45. The zero-order valence-electron chi connectivity index (χ0n) is 12.7. The molecule has 1 unspecified atom stereocenters. The minimum absolute atomic E-state index is 0.0125. The van der Waals surface area contributed by atoms with E-state index in [0.717, 1.165) is 0 Å². The van der Waals surface area contributed by atoms with E-state index in [1.807, 2.05) is 0 Å². The molecular formula is C16H16F2O5. The van der Waals surface area contributed by atoms with Crippen LogP contribution in [0.5, 0.6) is 11.5 Å². The normalized spacial score (nSPS) is 19.4. The number of methoxy groups -OCH3 is 2. The minimum Gasteiger partial charge on any atom is -0.493 e. The number of rotatable bonds is 6. The van der Waals surface area contributed by atoms with E-state index >= 15 is 0 Å². The topological polar surface area (TPSA) is 61.8 Å². The van der Waals surface area contributed by atoms with E-state index < -0.39 is 30.0 Å². The molecular weight excluding hydrogens is 310 g/mol. The van der Waals surface area contributed by atoms with Crippen molar-refractivity contribution in [3.8, 4) is 11.5 Å². The maximum Gasteiger partial charge on any atom is 0.326 e. The van der Waals surface area contributed by atoms with Crippen molar-refractivity contribution >= 4 is 11.8 Å². The molecule has 0 spiro atoms. The number of ether oxygens (including phenoxy) is 3. The Labute approximate surface area is 131 Å². The fourth-order valence-electron chi connectivity index (χ4n) is 2.59. The molecule has 0 aliphatic heterocycles. The van der Waals surface area contributed by atoms with Crippen LogP contribution in [0.1, 0.15) is 15.9 Å². The van der Waals surface area contributed by atoms with Crippen molar-refractivity contribution in [2.24, 2.45) is 5.41 Å². The highest BCUT2D eigenvalue weighted by Crippen LogP contribution is 2.46. The fraction of sp³-hybridized carbons (Fsp3) is 0.375. The van der Waals surface area contributed by atoms with E-state index in [-0.39, 0.29) is 17.9 Å². The van der Waals surface area contributed by atoms with Gasteiger partial charge >= 0.3 is 5.97 Å². The summed E-state index contributed by atoms with van der Waals surface area (Å²) in [7, 11) is 2.75. The Bertz CT molecular complexity index is 656. The van der Waals surface area contributed by atoms with Gasteiger partial charge in [-0.1, -0.05) is 12.7 Å². The first-order chi connectivity index (χ1) is 10.9. The second-order valence-corrected chi connectivity index (χ2v) is 5.03. The lowest BCUT2D eigenvalue weighted by atomic mass is 9.84. The quantitative estimate of drug-likeness (QED) is 0.456. The zero-order valence-corrected chi connectivity index (χ0v) is 12.7. The number of hydrogen-bond donors (Lipinski definition) is 0. The molecule has 1 atom stereocenters. The Morgan fingerprint density at radius 2 is 1.96 bits per heavy atom. The Morgan fingerprint density at radius 3 is 2.48 bits per heavy atom. The molecule has 1 aromatic rings. The van der Waals surface area contributed by atoms with Crippen molar-refractivity contribution in [1.29, 1.82) is 0 Å². The van der Waals surface area contributed by atoms with Gasteiger partial charge in [0.15, 0.2) is 22.7 Å². The van der Waals surface area contributed by atoms with Gasteiger partial charge < -0.3 is 14.2 Å². The van der Waals surface area contributed by atoms with Crippen LogP contribution >= 0.6 is 0 Å². The molecule has 7 heteroatoms. The van der Waals surface area contributed by atoms with E-state index in [1.165, 1.54) is 32.4 Å². The number of hydrogen-bond acceptors (Lipinski definition) is 5. The first kappa shape index (κ1) is 16.9. The molecule has 0 fully saturated rings. The molecule has 0 bridgehead atoms. The van der Waals surface area contributed by atoms with Crippen LogP contribution in [0.15, 0.2) is 24.8 Å². The summed E-state index contributed by atoms with van der Waals surface area (Å²) in [5.41, 5.74) is -2.23. The average Bonchev–Trinajstić information content (AvgIpc) is 2.84. The summed E-state index contributed by atoms with van der Waals surface area (Å²) >= 11 is 0. The summed E-state index contributed by atoms with van der Waals surface area (Å²) in [6, 6.07) is 2.73. The molecule has 1 aliphatic carbocycles. The first-order valence-corrected chi connectivity index (χ1v) is 6.78. The fourth-order valence-corrected chi connectivity index (χ4v) is 2.59. The van der Waals surface area contributed by atoms with Gasteiger partial charge in [-0.3, -0.25) is 9.59 Å². The van der Waals surface area contributed by atoms with E-state index in [2.05, 4.69) is 6.58 Å². The van der Waals surface area contributed by atoms with Crippen LogP contribution in [0, 0.1) is 5.41 Å². The van der Waals surface area contributed by atoms with Crippen LogP contribution in [-0.4, -0.2) is 39.0 Å². The Hall–Kier alpha value is -2.44. The smallest absolute Gasteiger partial charge is 0.326 e. The largest absolute Gasteiger partial charge is 0.493 e. The summed E-state index contributed by atoms with van der Waals surface area (Å²) in [6.45, 7) is 3.10. The molecule has 0 N–H and O–H groups in total. The summed E-state index contributed by atoms with van der Waals surface area (Å²) in [5, 5.41) is 0. The van der Waals surface area contributed by atoms with Crippen molar-refractivity contribution in [3.63, 3.8) is 0 Å². The number of alkyl halides is 2. The molecule has 0 saturated carbocycles. The van der Waals surface area contributed by atoms with Crippen LogP contribution in [0.3, 0.4) is 0 Å². The molecule has 0 aromatic heterocycles. The van der Waals surface area contributed by atoms with Gasteiger partial charge in [-0.2, -0.15) is 0 Å². The summed E-state index contributed by atoms with van der Waals surface area (Å²) in [6.07, 6.45) is -2.40. The lowest BCUT2D eigenvalue weighted by Gasteiger charge is -2.23. The van der Waals surface area contributed by atoms with Crippen molar-refractivity contribution in [2.75, 3.05) is 20.8 Å². The maximum atomic E-state index is 13.6. The number of ketones is 1. The highest BCUT2D eigenvalue weighted by Gasteiger charge is 2.59. The second-order valence-electron chi connectivity index (χ2n) is 5.03. The van der Waals surface area contributed by atoms with Gasteiger partial charge in [-0.05, 0) is 17.7 Å².